The normalized spacial score (nSPS) is 19.5. The van der Waals surface area contributed by atoms with Crippen LogP contribution < -0.4 is 10.1 Å². The van der Waals surface area contributed by atoms with Crippen LogP contribution in [0.15, 0.2) is 36.4 Å². The molecule has 0 fully saturated rings. The average molecular weight is 329 g/mol. The maximum absolute atomic E-state index is 12.2. The third kappa shape index (κ3) is 2.65. The molecule has 0 saturated carbocycles. The number of ether oxygens (including phenoxy) is 1. The number of methoxy groups -OCH3 is 1. The minimum atomic E-state index is -1.34. The molecule has 3 rings (SSSR count). The smallest absolute Gasteiger partial charge is 0.328 e. The summed E-state index contributed by atoms with van der Waals surface area (Å²) in [7, 11) is 1.46. The topological polar surface area (TPSA) is 99.0 Å². The van der Waals surface area contributed by atoms with E-state index in [2.05, 4.69) is 5.32 Å². The summed E-state index contributed by atoms with van der Waals surface area (Å²) < 4.78 is 5.13. The molecule has 2 aromatic rings. The minimum Gasteiger partial charge on any atom is -0.508 e. The second kappa shape index (κ2) is 6.05. The highest BCUT2D eigenvalue weighted by Crippen LogP contribution is 2.39. The van der Waals surface area contributed by atoms with E-state index in [4.69, 9.17) is 4.74 Å². The summed E-state index contributed by atoms with van der Waals surface area (Å²) in [6, 6.07) is 9.60. The van der Waals surface area contributed by atoms with Gasteiger partial charge >= 0.3 is 5.97 Å². The number of fused-ring (bicyclic) bond motifs is 1. The van der Waals surface area contributed by atoms with E-state index in [0.717, 1.165) is 11.1 Å². The van der Waals surface area contributed by atoms with Crippen molar-refractivity contribution >= 4 is 5.97 Å². The Morgan fingerprint density at radius 1 is 1.25 bits per heavy atom. The zero-order chi connectivity index (χ0) is 17.3. The van der Waals surface area contributed by atoms with Gasteiger partial charge in [-0.15, -0.1) is 0 Å². The fourth-order valence-corrected chi connectivity index (χ4v) is 3.23. The first-order valence-electron chi connectivity index (χ1n) is 7.63. The quantitative estimate of drug-likeness (QED) is 0.682. The van der Waals surface area contributed by atoms with Crippen molar-refractivity contribution in [2.45, 2.75) is 18.4 Å². The lowest BCUT2D eigenvalue weighted by molar-refractivity contribution is -0.145. The Hall–Kier alpha value is -2.73. The van der Waals surface area contributed by atoms with Crippen LogP contribution in [0, 0.1) is 0 Å². The van der Waals surface area contributed by atoms with E-state index in [1.807, 2.05) is 0 Å². The van der Waals surface area contributed by atoms with Crippen molar-refractivity contribution in [3.8, 4) is 17.2 Å². The van der Waals surface area contributed by atoms with E-state index in [-0.39, 0.29) is 17.9 Å². The van der Waals surface area contributed by atoms with Crippen molar-refractivity contribution in [2.75, 3.05) is 13.7 Å². The Labute approximate surface area is 139 Å². The number of carboxylic acid groups (broad SMARTS) is 1. The summed E-state index contributed by atoms with van der Waals surface area (Å²) in [5.41, 5.74) is 0.803. The average Bonchev–Trinajstić information content (AvgIpc) is 2.56. The maximum atomic E-state index is 12.2. The number of aliphatic carboxylic acids is 1. The number of phenols is 2. The Morgan fingerprint density at radius 3 is 2.58 bits per heavy atom. The standard InChI is InChI=1S/C18H19NO5/c1-24-16-8-12-6-7-19-18(17(22)23,14(12)9-15(16)21)10-11-2-4-13(20)5-3-11/h2-5,8-9,19-21H,6-7,10H2,1H3,(H,22,23). The van der Waals surface area contributed by atoms with Crippen molar-refractivity contribution in [1.82, 2.24) is 5.32 Å². The molecule has 0 saturated heterocycles. The monoisotopic (exact) mass is 329 g/mol. The first-order chi connectivity index (χ1) is 11.5. The first kappa shape index (κ1) is 16.1. The lowest BCUT2D eigenvalue weighted by Gasteiger charge is -2.37. The van der Waals surface area contributed by atoms with Crippen LogP contribution >= 0.6 is 0 Å². The number of hydrogen-bond acceptors (Lipinski definition) is 5. The van der Waals surface area contributed by atoms with Crippen molar-refractivity contribution in [3.63, 3.8) is 0 Å². The van der Waals surface area contributed by atoms with Gasteiger partial charge in [-0.25, -0.2) is 4.79 Å². The van der Waals surface area contributed by atoms with Crippen LogP contribution in [-0.2, 0) is 23.2 Å². The maximum Gasteiger partial charge on any atom is 0.328 e. The van der Waals surface area contributed by atoms with Crippen LogP contribution in [0.3, 0.4) is 0 Å². The number of rotatable bonds is 4. The molecule has 0 bridgehead atoms. The summed E-state index contributed by atoms with van der Waals surface area (Å²) in [4.78, 5) is 12.2. The largest absolute Gasteiger partial charge is 0.508 e. The number of nitrogens with one attached hydrogen (secondary N) is 1. The van der Waals surface area contributed by atoms with Crippen molar-refractivity contribution in [1.29, 1.82) is 0 Å². The number of aromatic hydroxyl groups is 2. The molecule has 0 spiro atoms. The Morgan fingerprint density at radius 2 is 1.96 bits per heavy atom. The van der Waals surface area contributed by atoms with E-state index in [9.17, 15) is 20.1 Å². The van der Waals surface area contributed by atoms with Crippen molar-refractivity contribution in [2.24, 2.45) is 0 Å². The van der Waals surface area contributed by atoms with Gasteiger partial charge in [-0.2, -0.15) is 0 Å². The molecule has 1 aliphatic heterocycles. The van der Waals surface area contributed by atoms with Crippen LogP contribution in [0.4, 0.5) is 0 Å². The molecule has 1 aliphatic rings. The molecule has 126 valence electrons. The van der Waals surface area contributed by atoms with Gasteiger partial charge < -0.3 is 20.1 Å². The molecule has 1 unspecified atom stereocenters. The molecule has 2 aromatic carbocycles. The second-order valence-corrected chi connectivity index (χ2v) is 5.91. The molecule has 4 N–H and O–H groups in total. The summed E-state index contributed by atoms with van der Waals surface area (Å²) in [5.74, 6) is -0.639. The third-order valence-electron chi connectivity index (χ3n) is 4.46. The van der Waals surface area contributed by atoms with Gasteiger partial charge in [-0.05, 0) is 47.4 Å². The zero-order valence-electron chi connectivity index (χ0n) is 13.2. The van der Waals surface area contributed by atoms with Crippen LogP contribution in [0.1, 0.15) is 16.7 Å². The van der Waals surface area contributed by atoms with Crippen LogP contribution in [-0.4, -0.2) is 34.9 Å². The molecule has 0 aliphatic carbocycles. The number of hydrogen-bond donors (Lipinski definition) is 4. The summed E-state index contributed by atoms with van der Waals surface area (Å²) >= 11 is 0. The van der Waals surface area contributed by atoms with Crippen LogP contribution in [0.5, 0.6) is 17.2 Å². The zero-order valence-corrected chi connectivity index (χ0v) is 13.2. The Kier molecular flexibility index (Phi) is 4.07. The molecule has 1 heterocycles. The summed E-state index contributed by atoms with van der Waals surface area (Å²) in [5, 5.41) is 32.6. The molecular formula is C18H19NO5. The van der Waals surface area contributed by atoms with Crippen molar-refractivity contribution < 1.29 is 24.9 Å². The first-order valence-corrected chi connectivity index (χ1v) is 7.63. The van der Waals surface area contributed by atoms with E-state index in [1.165, 1.54) is 25.3 Å². The molecule has 24 heavy (non-hydrogen) atoms. The van der Waals surface area contributed by atoms with Gasteiger partial charge in [0, 0.05) is 13.0 Å². The molecule has 6 nitrogen and oxygen atoms in total. The van der Waals surface area contributed by atoms with Crippen LogP contribution in [0.2, 0.25) is 0 Å². The fourth-order valence-electron chi connectivity index (χ4n) is 3.23. The van der Waals surface area contributed by atoms with E-state index < -0.39 is 11.5 Å². The predicted octanol–water partition coefficient (Wildman–Crippen LogP) is 1.77. The van der Waals surface area contributed by atoms with Crippen molar-refractivity contribution in [3.05, 3.63) is 53.1 Å². The molecule has 0 aromatic heterocycles. The van der Waals surface area contributed by atoms with Gasteiger partial charge in [0.25, 0.3) is 0 Å². The van der Waals surface area contributed by atoms with Gasteiger partial charge in [-0.3, -0.25) is 5.32 Å². The number of benzene rings is 2. The van der Waals surface area contributed by atoms with Gasteiger partial charge in [0.1, 0.15) is 11.3 Å². The molecular weight excluding hydrogens is 310 g/mol. The minimum absolute atomic E-state index is 0.0868. The SMILES string of the molecule is COc1cc2c(cc1O)C(Cc1ccc(O)cc1)(C(=O)O)NCC2. The highest BCUT2D eigenvalue weighted by atomic mass is 16.5. The molecule has 0 amide bonds. The Balaban J connectivity index is 2.10. The van der Waals surface area contributed by atoms with Gasteiger partial charge in [0.05, 0.1) is 7.11 Å². The number of phenolic OH excluding ortho intramolecular Hbond substituents is 2. The van der Waals surface area contributed by atoms with Crippen LogP contribution in [0.25, 0.3) is 0 Å². The summed E-state index contributed by atoms with van der Waals surface area (Å²) in [6.07, 6.45) is 0.845. The van der Waals surface area contributed by atoms with E-state index in [1.54, 1.807) is 18.2 Å². The summed E-state index contributed by atoms with van der Waals surface area (Å²) in [6.45, 7) is 0.505. The molecule has 0 radical (unpaired) electrons. The number of carboxylic acids is 1. The lowest BCUT2D eigenvalue weighted by atomic mass is 9.78. The van der Waals surface area contributed by atoms with E-state index in [0.29, 0.717) is 24.3 Å². The van der Waals surface area contributed by atoms with Gasteiger partial charge in [-0.1, -0.05) is 12.1 Å². The fraction of sp³-hybridized carbons (Fsp3) is 0.278. The second-order valence-electron chi connectivity index (χ2n) is 5.91. The lowest BCUT2D eigenvalue weighted by Crippen LogP contribution is -2.54. The predicted molar refractivity (Wildman–Crippen MR) is 87.5 cm³/mol. The number of carbonyl (C=O) groups is 1. The highest BCUT2D eigenvalue weighted by molar-refractivity contribution is 5.83. The molecule has 6 heteroatoms. The third-order valence-corrected chi connectivity index (χ3v) is 4.46. The van der Waals surface area contributed by atoms with Gasteiger partial charge in [0.15, 0.2) is 11.5 Å². The molecule has 1 atom stereocenters. The van der Waals surface area contributed by atoms with Gasteiger partial charge in [0.2, 0.25) is 0 Å². The van der Waals surface area contributed by atoms with E-state index >= 15 is 0 Å². The highest BCUT2D eigenvalue weighted by Gasteiger charge is 2.44. The Bertz CT molecular complexity index is 772.